The van der Waals surface area contributed by atoms with E-state index in [4.69, 9.17) is 5.73 Å². The fourth-order valence-corrected chi connectivity index (χ4v) is 4.57. The van der Waals surface area contributed by atoms with Gasteiger partial charge in [0.25, 0.3) is 0 Å². The number of carbonyl (C=O) groups is 1. The summed E-state index contributed by atoms with van der Waals surface area (Å²) < 4.78 is 28.4. The largest absolute Gasteiger partial charge is 0.465 e. The number of nitrogens with zero attached hydrogens (tertiary/aromatic N) is 3. The highest BCUT2D eigenvalue weighted by molar-refractivity contribution is 5.88. The van der Waals surface area contributed by atoms with Crippen LogP contribution in [0.1, 0.15) is 43.3 Å². The highest BCUT2D eigenvalue weighted by atomic mass is 19.1. The van der Waals surface area contributed by atoms with Crippen molar-refractivity contribution in [3.8, 4) is 22.3 Å². The van der Waals surface area contributed by atoms with E-state index in [0.717, 1.165) is 38.5 Å². The zero-order valence-corrected chi connectivity index (χ0v) is 23.3. The van der Waals surface area contributed by atoms with Crippen molar-refractivity contribution < 1.29 is 18.7 Å². The van der Waals surface area contributed by atoms with Crippen molar-refractivity contribution in [3.63, 3.8) is 0 Å². The lowest BCUT2D eigenvalue weighted by Crippen LogP contribution is -2.45. The lowest BCUT2D eigenvalue weighted by Gasteiger charge is -2.33. The van der Waals surface area contributed by atoms with Gasteiger partial charge in [-0.2, -0.15) is 0 Å². The molecular weight excluding hydrogens is 498 g/mol. The molecular formula is C31H34F2N4O2. The van der Waals surface area contributed by atoms with Crippen molar-refractivity contribution in [2.45, 2.75) is 54.0 Å². The summed E-state index contributed by atoms with van der Waals surface area (Å²) in [5, 5.41) is 9.42. The minimum absolute atomic E-state index is 0.306. The highest BCUT2D eigenvalue weighted by Crippen LogP contribution is 2.33. The third-order valence-electron chi connectivity index (χ3n) is 6.30. The number of anilines is 2. The summed E-state index contributed by atoms with van der Waals surface area (Å²) in [6, 6.07) is 12.9. The maximum Gasteiger partial charge on any atom is 0.412 e. The van der Waals surface area contributed by atoms with Gasteiger partial charge in [0, 0.05) is 57.3 Å². The summed E-state index contributed by atoms with van der Waals surface area (Å²) in [5.41, 5.74) is 11.7. The first kappa shape index (κ1) is 29.2. The summed E-state index contributed by atoms with van der Waals surface area (Å²) in [6.07, 6.45) is 2.30. The number of carboxylic acid groups (broad SMARTS) is 1. The van der Waals surface area contributed by atoms with Crippen LogP contribution in [0.5, 0.6) is 0 Å². The van der Waals surface area contributed by atoms with Crippen LogP contribution in [0.4, 0.5) is 25.0 Å². The molecule has 2 aromatic heterocycles. The van der Waals surface area contributed by atoms with E-state index in [-0.39, 0.29) is 5.82 Å². The Bertz CT molecular complexity index is 1470. The lowest BCUT2D eigenvalue weighted by molar-refractivity contribution is 0.195. The van der Waals surface area contributed by atoms with Crippen LogP contribution in [-0.4, -0.2) is 26.7 Å². The number of rotatable bonds is 3. The Morgan fingerprint density at radius 1 is 0.795 bits per heavy atom. The number of aryl methyl sites for hydroxylation is 4. The van der Waals surface area contributed by atoms with E-state index in [9.17, 15) is 18.7 Å². The van der Waals surface area contributed by atoms with Crippen molar-refractivity contribution in [1.29, 1.82) is 0 Å². The molecule has 6 nitrogen and oxygen atoms in total. The molecule has 1 amide bonds. The smallest absolute Gasteiger partial charge is 0.412 e. The predicted molar refractivity (Wildman–Crippen MR) is 153 cm³/mol. The number of amides is 1. The normalized spacial score (nSPS) is 11.0. The number of hydrogen-bond acceptors (Lipinski definition) is 4. The number of benzene rings is 2. The Hall–Kier alpha value is -4.33. The van der Waals surface area contributed by atoms with Gasteiger partial charge in [0.1, 0.15) is 11.6 Å². The SMILES string of the molecule is Cc1ccnc(C)c1-c1ccc(N(C(=O)O)C(C)(C)C)cc1F.Cc1ccnc(C)c1-c1ccc(N)cc1F. The Balaban J connectivity index is 0.000000230. The predicted octanol–water partition coefficient (Wildman–Crippen LogP) is 7.87. The van der Waals surface area contributed by atoms with Crippen LogP contribution < -0.4 is 10.6 Å². The third-order valence-corrected chi connectivity index (χ3v) is 6.30. The third kappa shape index (κ3) is 6.57. The van der Waals surface area contributed by atoms with Gasteiger partial charge in [-0.3, -0.25) is 14.9 Å². The standard InChI is InChI=1S/C18H21FN2O2.C13H13FN2/c1-11-8-9-20-12(2)16(11)14-7-6-13(10-15(14)19)21(17(22)23)18(3,4)5;1-8-5-6-16-9(2)13(8)11-4-3-10(15)7-12(11)14/h6-10H,1-5H3,(H,22,23);3-7H,15H2,1-2H3. The Kier molecular flexibility index (Phi) is 8.69. The van der Waals surface area contributed by atoms with Crippen LogP contribution in [0.15, 0.2) is 60.9 Å². The molecule has 0 saturated carbocycles. The van der Waals surface area contributed by atoms with Gasteiger partial charge in [-0.05, 0) is 108 Å². The minimum atomic E-state index is -1.11. The van der Waals surface area contributed by atoms with Crippen LogP contribution in [0.2, 0.25) is 0 Å². The Morgan fingerprint density at radius 2 is 1.26 bits per heavy atom. The first-order valence-corrected chi connectivity index (χ1v) is 12.4. The minimum Gasteiger partial charge on any atom is -0.465 e. The van der Waals surface area contributed by atoms with Gasteiger partial charge in [-0.25, -0.2) is 13.6 Å². The van der Waals surface area contributed by atoms with Gasteiger partial charge in [0.05, 0.1) is 5.69 Å². The van der Waals surface area contributed by atoms with Crippen LogP contribution in [0.25, 0.3) is 22.3 Å². The molecule has 2 aromatic carbocycles. The molecule has 0 spiro atoms. The van der Waals surface area contributed by atoms with Crippen LogP contribution >= 0.6 is 0 Å². The highest BCUT2D eigenvalue weighted by Gasteiger charge is 2.28. The Morgan fingerprint density at radius 3 is 1.64 bits per heavy atom. The molecule has 0 aliphatic heterocycles. The zero-order chi connectivity index (χ0) is 29.1. The first-order valence-electron chi connectivity index (χ1n) is 12.4. The summed E-state index contributed by atoms with van der Waals surface area (Å²) in [4.78, 5) is 21.1. The van der Waals surface area contributed by atoms with E-state index < -0.39 is 17.4 Å². The maximum absolute atomic E-state index is 14.7. The van der Waals surface area contributed by atoms with E-state index >= 15 is 0 Å². The van der Waals surface area contributed by atoms with E-state index in [0.29, 0.717) is 22.5 Å². The van der Waals surface area contributed by atoms with Crippen LogP contribution in [-0.2, 0) is 0 Å². The fourth-order valence-electron chi connectivity index (χ4n) is 4.57. The van der Waals surface area contributed by atoms with Crippen LogP contribution in [0.3, 0.4) is 0 Å². The number of hydrogen-bond donors (Lipinski definition) is 2. The van der Waals surface area contributed by atoms with E-state index in [1.54, 1.807) is 57.4 Å². The molecule has 0 atom stereocenters. The van der Waals surface area contributed by atoms with E-state index in [1.165, 1.54) is 12.1 Å². The van der Waals surface area contributed by atoms with E-state index in [2.05, 4.69) is 9.97 Å². The van der Waals surface area contributed by atoms with Gasteiger partial charge < -0.3 is 10.8 Å². The number of aromatic nitrogens is 2. The van der Waals surface area contributed by atoms with Gasteiger partial charge >= 0.3 is 6.09 Å². The molecule has 0 bridgehead atoms. The van der Waals surface area contributed by atoms with E-state index in [1.807, 2.05) is 39.8 Å². The number of nitrogen functional groups attached to an aromatic ring is 1. The monoisotopic (exact) mass is 532 g/mol. The van der Waals surface area contributed by atoms with Crippen molar-refractivity contribution in [3.05, 3.63) is 95.1 Å². The molecule has 0 unspecified atom stereocenters. The molecule has 4 aromatic rings. The summed E-state index contributed by atoms with van der Waals surface area (Å²) >= 11 is 0. The van der Waals surface area contributed by atoms with Crippen LogP contribution in [0, 0.1) is 39.3 Å². The molecule has 39 heavy (non-hydrogen) atoms. The first-order chi connectivity index (χ1) is 18.2. The maximum atomic E-state index is 14.7. The molecule has 0 saturated heterocycles. The topological polar surface area (TPSA) is 92.3 Å². The van der Waals surface area contributed by atoms with Crippen molar-refractivity contribution in [2.75, 3.05) is 10.6 Å². The van der Waals surface area contributed by atoms with Gasteiger partial charge in [0.15, 0.2) is 0 Å². The lowest BCUT2D eigenvalue weighted by atomic mass is 9.98. The summed E-state index contributed by atoms with van der Waals surface area (Å²) in [6.45, 7) is 12.8. The molecule has 3 N–H and O–H groups in total. The zero-order valence-electron chi connectivity index (χ0n) is 23.3. The molecule has 2 heterocycles. The second-order valence-electron chi connectivity index (χ2n) is 10.4. The second kappa shape index (κ2) is 11.6. The van der Waals surface area contributed by atoms with Crippen molar-refractivity contribution in [1.82, 2.24) is 9.97 Å². The average molecular weight is 533 g/mol. The molecule has 0 aliphatic carbocycles. The molecule has 0 radical (unpaired) electrons. The van der Waals surface area contributed by atoms with Crippen molar-refractivity contribution >= 4 is 17.5 Å². The number of nitrogens with two attached hydrogens (primary N) is 1. The summed E-state index contributed by atoms with van der Waals surface area (Å²) in [5.74, 6) is -0.767. The molecule has 0 fully saturated rings. The van der Waals surface area contributed by atoms with Gasteiger partial charge in [-0.15, -0.1) is 0 Å². The van der Waals surface area contributed by atoms with Crippen molar-refractivity contribution in [2.24, 2.45) is 0 Å². The molecule has 204 valence electrons. The quantitative estimate of drug-likeness (QED) is 0.262. The molecule has 8 heteroatoms. The average Bonchev–Trinajstić information content (AvgIpc) is 2.81. The Labute approximate surface area is 228 Å². The van der Waals surface area contributed by atoms with Gasteiger partial charge in [-0.1, -0.05) is 0 Å². The van der Waals surface area contributed by atoms with Gasteiger partial charge in [0.2, 0.25) is 0 Å². The summed E-state index contributed by atoms with van der Waals surface area (Å²) in [7, 11) is 0. The molecule has 4 rings (SSSR count). The second-order valence-corrected chi connectivity index (χ2v) is 10.4. The number of pyridine rings is 2. The number of halogens is 2. The molecule has 0 aliphatic rings. The fraction of sp³-hybridized carbons (Fsp3) is 0.258.